The summed E-state index contributed by atoms with van der Waals surface area (Å²) < 4.78 is 0. The van der Waals surface area contributed by atoms with Gasteiger partial charge in [0.15, 0.2) is 0 Å². The van der Waals surface area contributed by atoms with Crippen molar-refractivity contribution >= 4 is 28.9 Å². The van der Waals surface area contributed by atoms with Gasteiger partial charge < -0.3 is 10.6 Å². The Labute approximate surface area is 186 Å². The third-order valence-corrected chi connectivity index (χ3v) is 5.16. The van der Waals surface area contributed by atoms with E-state index in [4.69, 9.17) is 0 Å². The van der Waals surface area contributed by atoms with Crippen LogP contribution in [0, 0.1) is 17.0 Å². The van der Waals surface area contributed by atoms with Crippen molar-refractivity contribution in [1.82, 2.24) is 0 Å². The Morgan fingerprint density at radius 2 is 1.34 bits per heavy atom. The van der Waals surface area contributed by atoms with Crippen LogP contribution in [0.25, 0.3) is 0 Å². The van der Waals surface area contributed by atoms with Crippen molar-refractivity contribution in [1.29, 1.82) is 0 Å². The second-order valence-corrected chi connectivity index (χ2v) is 8.52. The average Bonchev–Trinajstić information content (AvgIpc) is 2.74. The fourth-order valence-corrected chi connectivity index (χ4v) is 3.23. The SMILES string of the molecule is Cc1c(C(=O)Nc2ccc(NC(=O)c3ccc(C(C)(C)C)cc3)cc2)cccc1[N+](=O)[O-]. The van der Waals surface area contributed by atoms with E-state index in [1.165, 1.54) is 18.2 Å². The predicted molar refractivity (Wildman–Crippen MR) is 125 cm³/mol. The number of nitrogens with one attached hydrogen (secondary N) is 2. The molecule has 0 aromatic heterocycles. The molecule has 0 aliphatic heterocycles. The molecule has 0 aliphatic rings. The highest BCUT2D eigenvalue weighted by molar-refractivity contribution is 6.06. The molecule has 7 nitrogen and oxygen atoms in total. The van der Waals surface area contributed by atoms with Crippen molar-refractivity contribution in [3.8, 4) is 0 Å². The molecule has 0 saturated carbocycles. The van der Waals surface area contributed by atoms with Gasteiger partial charge in [-0.25, -0.2) is 0 Å². The molecule has 3 aromatic rings. The van der Waals surface area contributed by atoms with Crippen LogP contribution >= 0.6 is 0 Å². The van der Waals surface area contributed by atoms with Gasteiger partial charge in [0.25, 0.3) is 17.5 Å². The minimum atomic E-state index is -0.514. The van der Waals surface area contributed by atoms with E-state index in [1.54, 1.807) is 43.3 Å². The summed E-state index contributed by atoms with van der Waals surface area (Å²) in [6.07, 6.45) is 0. The maximum atomic E-state index is 12.6. The van der Waals surface area contributed by atoms with E-state index >= 15 is 0 Å². The zero-order valence-electron chi connectivity index (χ0n) is 18.4. The Morgan fingerprint density at radius 3 is 1.84 bits per heavy atom. The number of carbonyl (C=O) groups excluding carboxylic acids is 2. The molecule has 0 unspecified atom stereocenters. The minimum Gasteiger partial charge on any atom is -0.322 e. The van der Waals surface area contributed by atoms with Crippen molar-refractivity contribution in [2.75, 3.05) is 10.6 Å². The Hall–Kier alpha value is -4.00. The molecule has 0 radical (unpaired) electrons. The number of amides is 2. The van der Waals surface area contributed by atoms with Gasteiger partial charge in [-0.05, 0) is 60.4 Å². The molecule has 0 saturated heterocycles. The smallest absolute Gasteiger partial charge is 0.273 e. The quantitative estimate of drug-likeness (QED) is 0.399. The van der Waals surface area contributed by atoms with Crippen molar-refractivity contribution in [3.63, 3.8) is 0 Å². The van der Waals surface area contributed by atoms with Gasteiger partial charge in [-0.3, -0.25) is 19.7 Å². The van der Waals surface area contributed by atoms with Crippen LogP contribution in [0.3, 0.4) is 0 Å². The summed E-state index contributed by atoms with van der Waals surface area (Å²) in [7, 11) is 0. The molecule has 0 spiro atoms. The molecule has 0 aliphatic carbocycles. The third-order valence-electron chi connectivity index (χ3n) is 5.16. The van der Waals surface area contributed by atoms with Crippen molar-refractivity contribution in [2.45, 2.75) is 33.1 Å². The molecule has 0 atom stereocenters. The van der Waals surface area contributed by atoms with Gasteiger partial charge in [0.1, 0.15) is 0 Å². The third kappa shape index (κ3) is 5.18. The summed E-state index contributed by atoms with van der Waals surface area (Å²) in [6, 6.07) is 18.5. The maximum absolute atomic E-state index is 12.6. The average molecular weight is 431 g/mol. The van der Waals surface area contributed by atoms with Gasteiger partial charge in [-0.15, -0.1) is 0 Å². The minimum absolute atomic E-state index is 0.0124. The van der Waals surface area contributed by atoms with E-state index < -0.39 is 10.8 Å². The second kappa shape index (κ2) is 9.01. The fraction of sp³-hybridized carbons (Fsp3) is 0.200. The van der Waals surface area contributed by atoms with Crippen LogP contribution in [0.15, 0.2) is 66.7 Å². The van der Waals surface area contributed by atoms with Crippen molar-refractivity contribution < 1.29 is 14.5 Å². The summed E-state index contributed by atoms with van der Waals surface area (Å²) in [4.78, 5) is 35.6. The molecule has 3 rings (SSSR count). The first-order chi connectivity index (χ1) is 15.1. The predicted octanol–water partition coefficient (Wildman–Crippen LogP) is 5.71. The summed E-state index contributed by atoms with van der Waals surface area (Å²) in [6.45, 7) is 7.88. The zero-order chi connectivity index (χ0) is 23.5. The molecule has 164 valence electrons. The topological polar surface area (TPSA) is 101 Å². The van der Waals surface area contributed by atoms with Gasteiger partial charge >= 0.3 is 0 Å². The van der Waals surface area contributed by atoms with Crippen LogP contribution in [0.5, 0.6) is 0 Å². The van der Waals surface area contributed by atoms with E-state index in [0.717, 1.165) is 5.56 Å². The lowest BCUT2D eigenvalue weighted by Crippen LogP contribution is -2.15. The lowest BCUT2D eigenvalue weighted by atomic mass is 9.87. The van der Waals surface area contributed by atoms with E-state index in [2.05, 4.69) is 31.4 Å². The van der Waals surface area contributed by atoms with Crippen molar-refractivity contribution in [2.24, 2.45) is 0 Å². The number of nitrogens with zero attached hydrogens (tertiary/aromatic N) is 1. The first kappa shape index (κ1) is 22.7. The number of hydrogen-bond donors (Lipinski definition) is 2. The molecular weight excluding hydrogens is 406 g/mol. The number of benzene rings is 3. The molecule has 3 aromatic carbocycles. The van der Waals surface area contributed by atoms with Crippen LogP contribution in [0.2, 0.25) is 0 Å². The van der Waals surface area contributed by atoms with Crippen LogP contribution in [-0.4, -0.2) is 16.7 Å². The van der Waals surface area contributed by atoms with Crippen molar-refractivity contribution in [3.05, 3.63) is 99.1 Å². The lowest BCUT2D eigenvalue weighted by molar-refractivity contribution is -0.385. The van der Waals surface area contributed by atoms with Gasteiger partial charge in [-0.1, -0.05) is 39.0 Å². The standard InChI is InChI=1S/C25H25N3O4/c1-16-21(6-5-7-22(16)28(31)32)24(30)27-20-14-12-19(13-15-20)26-23(29)17-8-10-18(11-9-17)25(2,3)4/h5-15H,1-4H3,(H,26,29)(H,27,30). The number of anilines is 2. The molecule has 2 N–H and O–H groups in total. The highest BCUT2D eigenvalue weighted by Crippen LogP contribution is 2.24. The number of nitro groups is 1. The highest BCUT2D eigenvalue weighted by atomic mass is 16.6. The van der Waals surface area contributed by atoms with E-state index in [1.807, 2.05) is 12.1 Å². The Balaban J connectivity index is 1.66. The molecule has 7 heteroatoms. The number of carbonyl (C=O) groups is 2. The summed E-state index contributed by atoms with van der Waals surface area (Å²) in [5, 5.41) is 16.6. The number of nitro benzene ring substituents is 1. The van der Waals surface area contributed by atoms with Gasteiger partial charge in [0.05, 0.1) is 4.92 Å². The van der Waals surface area contributed by atoms with Gasteiger partial charge in [-0.2, -0.15) is 0 Å². The van der Waals surface area contributed by atoms with Crippen LogP contribution in [0.1, 0.15) is 52.6 Å². The number of rotatable bonds is 5. The van der Waals surface area contributed by atoms with Crippen LogP contribution in [0.4, 0.5) is 17.1 Å². The lowest BCUT2D eigenvalue weighted by Gasteiger charge is -2.19. The monoisotopic (exact) mass is 431 g/mol. The first-order valence-corrected chi connectivity index (χ1v) is 10.1. The summed E-state index contributed by atoms with van der Waals surface area (Å²) in [5.74, 6) is -0.670. The highest BCUT2D eigenvalue weighted by Gasteiger charge is 2.18. The number of hydrogen-bond acceptors (Lipinski definition) is 4. The largest absolute Gasteiger partial charge is 0.322 e. The second-order valence-electron chi connectivity index (χ2n) is 8.52. The Kier molecular flexibility index (Phi) is 6.39. The molecule has 0 bridgehead atoms. The first-order valence-electron chi connectivity index (χ1n) is 10.1. The summed E-state index contributed by atoms with van der Waals surface area (Å²) >= 11 is 0. The Bertz CT molecular complexity index is 1160. The van der Waals surface area contributed by atoms with E-state index in [-0.39, 0.29) is 22.6 Å². The molecule has 32 heavy (non-hydrogen) atoms. The molecule has 0 heterocycles. The molecular formula is C25H25N3O4. The maximum Gasteiger partial charge on any atom is 0.273 e. The fourth-order valence-electron chi connectivity index (χ4n) is 3.23. The van der Waals surface area contributed by atoms with Crippen LogP contribution in [-0.2, 0) is 5.41 Å². The molecule has 0 fully saturated rings. The normalized spacial score (nSPS) is 11.0. The van der Waals surface area contributed by atoms with Gasteiger partial charge in [0, 0.05) is 34.1 Å². The van der Waals surface area contributed by atoms with E-state index in [0.29, 0.717) is 22.5 Å². The zero-order valence-corrected chi connectivity index (χ0v) is 18.4. The van der Waals surface area contributed by atoms with Crippen LogP contribution < -0.4 is 10.6 Å². The molecule has 2 amide bonds. The van der Waals surface area contributed by atoms with E-state index in [9.17, 15) is 19.7 Å². The Morgan fingerprint density at radius 1 is 0.812 bits per heavy atom. The summed E-state index contributed by atoms with van der Waals surface area (Å²) in [5.41, 5.74) is 3.23. The van der Waals surface area contributed by atoms with Gasteiger partial charge in [0.2, 0.25) is 0 Å².